The van der Waals surface area contributed by atoms with E-state index in [2.05, 4.69) is 20.4 Å². The Bertz CT molecular complexity index is 782. The molecule has 0 bridgehead atoms. The number of anilines is 2. The summed E-state index contributed by atoms with van der Waals surface area (Å²) in [5, 5.41) is 6.53. The zero-order chi connectivity index (χ0) is 14.1. The molecule has 0 fully saturated rings. The van der Waals surface area contributed by atoms with Crippen LogP contribution in [0, 0.1) is 5.82 Å². The average Bonchev–Trinajstić information content (AvgIpc) is 2.84. The van der Waals surface area contributed by atoms with Gasteiger partial charge in [0.25, 0.3) is 5.91 Å². The van der Waals surface area contributed by atoms with Gasteiger partial charge in [-0.3, -0.25) is 4.79 Å². The van der Waals surface area contributed by atoms with Gasteiger partial charge in [0, 0.05) is 0 Å². The fraction of sp³-hybridized carbons (Fsp3) is 0. The normalized spacial score (nSPS) is 10.7. The predicted octanol–water partition coefficient (Wildman–Crippen LogP) is 1.10. The molecule has 0 unspecified atom stereocenters. The van der Waals surface area contributed by atoms with Crippen LogP contribution in [0.4, 0.5) is 16.0 Å². The van der Waals surface area contributed by atoms with Gasteiger partial charge in [-0.15, -0.1) is 5.10 Å². The summed E-state index contributed by atoms with van der Waals surface area (Å²) in [6, 6.07) is 5.80. The van der Waals surface area contributed by atoms with Crippen molar-refractivity contribution >= 4 is 23.2 Å². The summed E-state index contributed by atoms with van der Waals surface area (Å²) >= 11 is 0. The van der Waals surface area contributed by atoms with Crippen LogP contribution in [-0.4, -0.2) is 25.5 Å². The first-order chi connectivity index (χ1) is 9.63. The number of nitrogens with zero attached hydrogens (tertiary/aromatic N) is 4. The lowest BCUT2D eigenvalue weighted by Crippen LogP contribution is -2.16. The van der Waals surface area contributed by atoms with Gasteiger partial charge in [0.2, 0.25) is 0 Å². The molecule has 0 aliphatic rings. The van der Waals surface area contributed by atoms with E-state index in [1.165, 1.54) is 22.8 Å². The summed E-state index contributed by atoms with van der Waals surface area (Å²) < 4.78 is 14.1. The van der Waals surface area contributed by atoms with Crippen molar-refractivity contribution in [2.75, 3.05) is 11.1 Å². The van der Waals surface area contributed by atoms with Crippen LogP contribution in [-0.2, 0) is 0 Å². The molecule has 3 rings (SSSR count). The maximum absolute atomic E-state index is 12.7. The van der Waals surface area contributed by atoms with E-state index in [4.69, 9.17) is 5.73 Å². The van der Waals surface area contributed by atoms with Crippen molar-refractivity contribution < 1.29 is 9.18 Å². The lowest BCUT2D eigenvalue weighted by Gasteiger charge is -2.03. The number of pyridine rings is 1. The van der Waals surface area contributed by atoms with E-state index in [1.54, 1.807) is 12.1 Å². The number of nitrogens with one attached hydrogen (secondary N) is 1. The van der Waals surface area contributed by atoms with E-state index in [0.29, 0.717) is 5.65 Å². The standard InChI is InChI=1S/C12H9FN6O/c13-7-1-3-10(15-5-7)17-12(20)8-6-16-11-4-2-9(14)18-19(8)11/h1-6H,(H2,14,18)(H,15,17,20). The number of nitrogens with two attached hydrogens (primary N) is 1. The molecule has 0 aromatic carbocycles. The number of carbonyl (C=O) groups excluding carboxylic acids is 1. The highest BCUT2D eigenvalue weighted by Gasteiger charge is 2.14. The summed E-state index contributed by atoms with van der Waals surface area (Å²) in [7, 11) is 0. The highest BCUT2D eigenvalue weighted by Crippen LogP contribution is 2.10. The Morgan fingerprint density at radius 3 is 2.80 bits per heavy atom. The summed E-state index contributed by atoms with van der Waals surface area (Å²) in [5.74, 6) is -0.443. The minimum atomic E-state index is -0.479. The molecule has 100 valence electrons. The number of imidazole rings is 1. The number of carbonyl (C=O) groups is 1. The van der Waals surface area contributed by atoms with Gasteiger partial charge < -0.3 is 11.1 Å². The first-order valence-electron chi connectivity index (χ1n) is 5.66. The van der Waals surface area contributed by atoms with Gasteiger partial charge in [-0.2, -0.15) is 0 Å². The second-order valence-corrected chi connectivity index (χ2v) is 3.99. The molecule has 0 aliphatic heterocycles. The van der Waals surface area contributed by atoms with Gasteiger partial charge in [-0.25, -0.2) is 18.9 Å². The minimum Gasteiger partial charge on any atom is -0.382 e. The van der Waals surface area contributed by atoms with Gasteiger partial charge >= 0.3 is 0 Å². The van der Waals surface area contributed by atoms with Gasteiger partial charge in [-0.1, -0.05) is 0 Å². The highest BCUT2D eigenvalue weighted by atomic mass is 19.1. The van der Waals surface area contributed by atoms with Gasteiger partial charge in [0.05, 0.1) is 12.4 Å². The van der Waals surface area contributed by atoms with E-state index < -0.39 is 11.7 Å². The first kappa shape index (κ1) is 12.0. The smallest absolute Gasteiger partial charge is 0.277 e. The SMILES string of the molecule is Nc1ccc2ncc(C(=O)Nc3ccc(F)cn3)n2n1. The molecule has 0 saturated carbocycles. The van der Waals surface area contributed by atoms with E-state index >= 15 is 0 Å². The maximum Gasteiger partial charge on any atom is 0.277 e. The maximum atomic E-state index is 12.7. The third kappa shape index (κ3) is 2.14. The molecular formula is C12H9FN6O. The number of halogens is 1. The summed E-state index contributed by atoms with van der Waals surface area (Å²) in [4.78, 5) is 19.9. The molecule has 20 heavy (non-hydrogen) atoms. The largest absolute Gasteiger partial charge is 0.382 e. The van der Waals surface area contributed by atoms with Crippen LogP contribution in [0.5, 0.6) is 0 Å². The highest BCUT2D eigenvalue weighted by molar-refractivity contribution is 6.02. The number of aromatic nitrogens is 4. The molecule has 0 atom stereocenters. The van der Waals surface area contributed by atoms with Crippen molar-refractivity contribution in [2.45, 2.75) is 0 Å². The van der Waals surface area contributed by atoms with Crippen molar-refractivity contribution in [3.63, 3.8) is 0 Å². The molecule has 0 aliphatic carbocycles. The van der Waals surface area contributed by atoms with Gasteiger partial charge in [0.15, 0.2) is 11.3 Å². The van der Waals surface area contributed by atoms with Crippen molar-refractivity contribution in [1.29, 1.82) is 0 Å². The fourth-order valence-corrected chi connectivity index (χ4v) is 1.67. The van der Waals surface area contributed by atoms with Crippen molar-refractivity contribution in [3.8, 4) is 0 Å². The summed E-state index contributed by atoms with van der Waals surface area (Å²) in [6.07, 6.45) is 2.39. The Morgan fingerprint density at radius 2 is 2.05 bits per heavy atom. The van der Waals surface area contributed by atoms with Crippen LogP contribution in [0.1, 0.15) is 10.5 Å². The van der Waals surface area contributed by atoms with Gasteiger partial charge in [0.1, 0.15) is 17.5 Å². The monoisotopic (exact) mass is 272 g/mol. The molecule has 3 aromatic rings. The van der Waals surface area contributed by atoms with Crippen LogP contribution in [0.15, 0.2) is 36.7 Å². The van der Waals surface area contributed by atoms with Crippen LogP contribution >= 0.6 is 0 Å². The third-order valence-electron chi connectivity index (χ3n) is 2.58. The topological polar surface area (TPSA) is 98.2 Å². The molecule has 3 aromatic heterocycles. The molecule has 0 spiro atoms. The van der Waals surface area contributed by atoms with Crippen LogP contribution < -0.4 is 11.1 Å². The Hall–Kier alpha value is -3.03. The number of hydrogen-bond donors (Lipinski definition) is 2. The van der Waals surface area contributed by atoms with E-state index in [-0.39, 0.29) is 17.3 Å². The van der Waals surface area contributed by atoms with Crippen molar-refractivity contribution in [2.24, 2.45) is 0 Å². The Kier molecular flexibility index (Phi) is 2.75. The molecule has 8 heteroatoms. The molecule has 7 nitrogen and oxygen atoms in total. The average molecular weight is 272 g/mol. The molecular weight excluding hydrogens is 263 g/mol. The molecule has 0 radical (unpaired) electrons. The quantitative estimate of drug-likeness (QED) is 0.727. The molecule has 1 amide bonds. The molecule has 3 N–H and O–H groups in total. The van der Waals surface area contributed by atoms with Crippen molar-refractivity contribution in [1.82, 2.24) is 19.6 Å². The Labute approximate surface area is 112 Å². The fourth-order valence-electron chi connectivity index (χ4n) is 1.67. The zero-order valence-corrected chi connectivity index (χ0v) is 10.1. The molecule has 3 heterocycles. The second-order valence-electron chi connectivity index (χ2n) is 3.99. The van der Waals surface area contributed by atoms with Gasteiger partial charge in [-0.05, 0) is 24.3 Å². The number of hydrogen-bond acceptors (Lipinski definition) is 5. The lowest BCUT2D eigenvalue weighted by molar-refractivity contribution is 0.102. The summed E-state index contributed by atoms with van der Waals surface area (Å²) in [5.41, 5.74) is 6.28. The predicted molar refractivity (Wildman–Crippen MR) is 69.5 cm³/mol. The van der Waals surface area contributed by atoms with E-state index in [1.807, 2.05) is 0 Å². The second kappa shape index (κ2) is 4.57. The van der Waals surface area contributed by atoms with Crippen molar-refractivity contribution in [3.05, 3.63) is 48.2 Å². The number of nitrogen functional groups attached to an aromatic ring is 1. The van der Waals surface area contributed by atoms with Crippen LogP contribution in [0.2, 0.25) is 0 Å². The van der Waals surface area contributed by atoms with E-state index in [9.17, 15) is 9.18 Å². The zero-order valence-electron chi connectivity index (χ0n) is 10.1. The Morgan fingerprint density at radius 1 is 1.20 bits per heavy atom. The van der Waals surface area contributed by atoms with Crippen LogP contribution in [0.3, 0.4) is 0 Å². The first-order valence-corrected chi connectivity index (χ1v) is 5.66. The minimum absolute atomic E-state index is 0.207. The number of fused-ring (bicyclic) bond motifs is 1. The molecule has 0 saturated heterocycles. The van der Waals surface area contributed by atoms with Crippen LogP contribution in [0.25, 0.3) is 5.65 Å². The van der Waals surface area contributed by atoms with E-state index in [0.717, 1.165) is 6.20 Å². The lowest BCUT2D eigenvalue weighted by atomic mass is 10.4. The number of amides is 1. The third-order valence-corrected chi connectivity index (χ3v) is 2.58. The summed E-state index contributed by atoms with van der Waals surface area (Å²) in [6.45, 7) is 0. The number of rotatable bonds is 2. The Balaban J connectivity index is 1.92.